The normalized spacial score (nSPS) is 16.3. The molecule has 2 aliphatic heterocycles. The van der Waals surface area contributed by atoms with E-state index in [1.54, 1.807) is 7.11 Å². The Morgan fingerprint density at radius 3 is 2.25 bits per heavy atom. The average Bonchev–Trinajstić information content (AvgIpc) is 2.69. The molecule has 4 rings (SSSR count). The molecule has 2 heterocycles. The molecule has 3 heteroatoms. The van der Waals surface area contributed by atoms with Gasteiger partial charge in [0.05, 0.1) is 7.11 Å². The van der Waals surface area contributed by atoms with Crippen LogP contribution in [0.2, 0.25) is 0 Å². The molecule has 0 unspecified atom stereocenters. The molecule has 0 saturated heterocycles. The van der Waals surface area contributed by atoms with Crippen molar-refractivity contribution in [3.05, 3.63) is 71.3 Å². The first kappa shape index (κ1) is 16.7. The fourth-order valence-electron chi connectivity index (χ4n) is 3.11. The molecule has 0 aromatic heterocycles. The molecule has 0 spiro atoms. The molecule has 126 valence electrons. The van der Waals surface area contributed by atoms with Crippen molar-refractivity contribution in [1.29, 1.82) is 0 Å². The van der Waals surface area contributed by atoms with Crippen molar-refractivity contribution in [2.45, 2.75) is 19.4 Å². The molecule has 2 aliphatic rings. The highest BCUT2D eigenvalue weighted by Crippen LogP contribution is 2.21. The minimum Gasteiger partial charge on any atom is -0.497 e. The van der Waals surface area contributed by atoms with E-state index < -0.39 is 0 Å². The van der Waals surface area contributed by atoms with E-state index in [2.05, 4.69) is 53.1 Å². The Kier molecular flexibility index (Phi) is 6.05. The number of nitrogens with one attached hydrogen (secondary N) is 2. The van der Waals surface area contributed by atoms with Crippen LogP contribution in [-0.2, 0) is 13.0 Å². The summed E-state index contributed by atoms with van der Waals surface area (Å²) in [6, 6.07) is 16.9. The molecule has 2 N–H and O–H groups in total. The van der Waals surface area contributed by atoms with E-state index in [0.717, 1.165) is 38.3 Å². The molecule has 0 radical (unpaired) electrons. The SMILES string of the molecule is COc1ccc(C2=CCNCC2)cc1.c1ccc2c(c1)CCNC2. The van der Waals surface area contributed by atoms with Crippen LogP contribution in [0, 0.1) is 0 Å². The monoisotopic (exact) mass is 322 g/mol. The van der Waals surface area contributed by atoms with Crippen LogP contribution in [0.25, 0.3) is 5.57 Å². The smallest absolute Gasteiger partial charge is 0.118 e. The van der Waals surface area contributed by atoms with Crippen molar-refractivity contribution in [1.82, 2.24) is 10.6 Å². The highest BCUT2D eigenvalue weighted by molar-refractivity contribution is 5.67. The second-order valence-electron chi connectivity index (χ2n) is 6.11. The molecule has 2 aromatic rings. The van der Waals surface area contributed by atoms with Crippen LogP contribution in [-0.4, -0.2) is 26.7 Å². The molecule has 0 bridgehead atoms. The summed E-state index contributed by atoms with van der Waals surface area (Å²) in [4.78, 5) is 0. The largest absolute Gasteiger partial charge is 0.497 e. The van der Waals surface area contributed by atoms with Crippen molar-refractivity contribution in [2.75, 3.05) is 26.7 Å². The van der Waals surface area contributed by atoms with Crippen LogP contribution in [0.3, 0.4) is 0 Å². The van der Waals surface area contributed by atoms with Crippen LogP contribution in [0.5, 0.6) is 5.75 Å². The summed E-state index contributed by atoms with van der Waals surface area (Å²) in [5.41, 5.74) is 5.73. The second kappa shape index (κ2) is 8.67. The Bertz CT molecular complexity index is 651. The van der Waals surface area contributed by atoms with Crippen molar-refractivity contribution in [2.24, 2.45) is 0 Å². The lowest BCUT2D eigenvalue weighted by atomic mass is 10.0. The molecule has 0 aliphatic carbocycles. The third-order valence-electron chi connectivity index (χ3n) is 4.53. The van der Waals surface area contributed by atoms with Gasteiger partial charge in [-0.15, -0.1) is 0 Å². The van der Waals surface area contributed by atoms with E-state index >= 15 is 0 Å². The van der Waals surface area contributed by atoms with Gasteiger partial charge < -0.3 is 15.4 Å². The van der Waals surface area contributed by atoms with Gasteiger partial charge in [-0.2, -0.15) is 0 Å². The standard InChI is InChI=1S/C12H15NO.C9H11N/c1-14-12-4-2-10(3-5-12)11-6-8-13-9-7-11;1-2-4-9-7-10-6-5-8(9)3-1/h2-6,13H,7-9H2,1H3;1-4,10H,5-7H2. The Labute approximate surface area is 144 Å². The number of benzene rings is 2. The first-order valence-electron chi connectivity index (χ1n) is 8.68. The van der Waals surface area contributed by atoms with Gasteiger partial charge in [-0.1, -0.05) is 42.5 Å². The summed E-state index contributed by atoms with van der Waals surface area (Å²) < 4.78 is 5.12. The lowest BCUT2D eigenvalue weighted by Gasteiger charge is -2.15. The van der Waals surface area contributed by atoms with Gasteiger partial charge in [-0.05, 0) is 60.3 Å². The number of rotatable bonds is 2. The van der Waals surface area contributed by atoms with Crippen LogP contribution >= 0.6 is 0 Å². The zero-order chi connectivity index (χ0) is 16.6. The molecule has 0 amide bonds. The zero-order valence-electron chi connectivity index (χ0n) is 14.3. The summed E-state index contributed by atoms with van der Waals surface area (Å²) in [6.07, 6.45) is 4.56. The van der Waals surface area contributed by atoms with Gasteiger partial charge in [0, 0.05) is 13.1 Å². The van der Waals surface area contributed by atoms with E-state index in [-0.39, 0.29) is 0 Å². The molecular formula is C21H26N2O. The summed E-state index contributed by atoms with van der Waals surface area (Å²) in [7, 11) is 1.69. The molecular weight excluding hydrogens is 296 g/mol. The maximum Gasteiger partial charge on any atom is 0.118 e. The molecule has 0 atom stereocenters. The quantitative estimate of drug-likeness (QED) is 0.889. The Hall–Kier alpha value is -2.10. The zero-order valence-corrected chi connectivity index (χ0v) is 14.3. The lowest BCUT2D eigenvalue weighted by Crippen LogP contribution is -2.23. The minimum atomic E-state index is 0.920. The van der Waals surface area contributed by atoms with Crippen molar-refractivity contribution < 1.29 is 4.74 Å². The number of fused-ring (bicyclic) bond motifs is 1. The summed E-state index contributed by atoms with van der Waals surface area (Å²) in [6.45, 7) is 4.26. The molecule has 0 fully saturated rings. The van der Waals surface area contributed by atoms with E-state index in [4.69, 9.17) is 4.74 Å². The van der Waals surface area contributed by atoms with E-state index in [0.29, 0.717) is 0 Å². The maximum absolute atomic E-state index is 5.12. The number of methoxy groups -OCH3 is 1. The molecule has 2 aromatic carbocycles. The van der Waals surface area contributed by atoms with Gasteiger partial charge in [0.2, 0.25) is 0 Å². The summed E-state index contributed by atoms with van der Waals surface area (Å²) >= 11 is 0. The van der Waals surface area contributed by atoms with E-state index in [1.165, 1.54) is 28.7 Å². The summed E-state index contributed by atoms with van der Waals surface area (Å²) in [5.74, 6) is 0.920. The maximum atomic E-state index is 5.12. The molecule has 3 nitrogen and oxygen atoms in total. The van der Waals surface area contributed by atoms with Crippen molar-refractivity contribution in [3.8, 4) is 5.75 Å². The Morgan fingerprint density at radius 1 is 0.833 bits per heavy atom. The van der Waals surface area contributed by atoms with Crippen LogP contribution in [0.4, 0.5) is 0 Å². The van der Waals surface area contributed by atoms with Gasteiger partial charge in [0.25, 0.3) is 0 Å². The highest BCUT2D eigenvalue weighted by atomic mass is 16.5. The number of hydrogen-bond donors (Lipinski definition) is 2. The third kappa shape index (κ3) is 4.47. The van der Waals surface area contributed by atoms with Crippen molar-refractivity contribution in [3.63, 3.8) is 0 Å². The highest BCUT2D eigenvalue weighted by Gasteiger charge is 2.05. The second-order valence-corrected chi connectivity index (χ2v) is 6.11. The van der Waals surface area contributed by atoms with E-state index in [9.17, 15) is 0 Å². The van der Waals surface area contributed by atoms with Gasteiger partial charge in [-0.3, -0.25) is 0 Å². The summed E-state index contributed by atoms with van der Waals surface area (Å²) in [5, 5.41) is 6.65. The Balaban J connectivity index is 0.000000149. The predicted octanol–water partition coefficient (Wildman–Crippen LogP) is 3.40. The topological polar surface area (TPSA) is 33.3 Å². The molecule has 0 saturated carbocycles. The van der Waals surface area contributed by atoms with Crippen LogP contribution in [0.15, 0.2) is 54.6 Å². The first-order valence-corrected chi connectivity index (χ1v) is 8.68. The minimum absolute atomic E-state index is 0.920. The van der Waals surface area contributed by atoms with Crippen LogP contribution in [0.1, 0.15) is 23.1 Å². The Morgan fingerprint density at radius 2 is 1.58 bits per heavy atom. The number of ether oxygens (including phenoxy) is 1. The first-order chi connectivity index (χ1) is 11.9. The fourth-order valence-corrected chi connectivity index (χ4v) is 3.11. The predicted molar refractivity (Wildman–Crippen MR) is 100 cm³/mol. The molecule has 24 heavy (non-hydrogen) atoms. The van der Waals surface area contributed by atoms with Gasteiger partial charge in [0.1, 0.15) is 5.75 Å². The third-order valence-corrected chi connectivity index (χ3v) is 4.53. The average molecular weight is 322 g/mol. The van der Waals surface area contributed by atoms with Gasteiger partial charge in [-0.25, -0.2) is 0 Å². The van der Waals surface area contributed by atoms with E-state index in [1.807, 2.05) is 12.1 Å². The van der Waals surface area contributed by atoms with Crippen LogP contribution < -0.4 is 15.4 Å². The van der Waals surface area contributed by atoms with Crippen molar-refractivity contribution >= 4 is 5.57 Å². The lowest BCUT2D eigenvalue weighted by molar-refractivity contribution is 0.415. The number of hydrogen-bond acceptors (Lipinski definition) is 3. The fraction of sp³-hybridized carbons (Fsp3) is 0.333. The van der Waals surface area contributed by atoms with Gasteiger partial charge in [0.15, 0.2) is 0 Å². The van der Waals surface area contributed by atoms with Gasteiger partial charge >= 0.3 is 0 Å².